The van der Waals surface area contributed by atoms with Crippen molar-refractivity contribution in [1.82, 2.24) is 0 Å². The van der Waals surface area contributed by atoms with Crippen LogP contribution in [-0.2, 0) is 10.8 Å². The van der Waals surface area contributed by atoms with E-state index in [-0.39, 0.29) is 10.8 Å². The molecule has 0 aromatic heterocycles. The second-order valence-corrected chi connectivity index (χ2v) is 13.3. The van der Waals surface area contributed by atoms with Crippen LogP contribution >= 0.6 is 0 Å². The van der Waals surface area contributed by atoms with Crippen molar-refractivity contribution in [3.8, 4) is 22.3 Å². The average Bonchev–Trinajstić information content (AvgIpc) is 3.04. The molecule has 0 heterocycles. The Hall–Kier alpha value is -4.62. The Kier molecular flexibility index (Phi) is 6.70. The van der Waals surface area contributed by atoms with Crippen molar-refractivity contribution in [2.75, 3.05) is 4.90 Å². The highest BCUT2D eigenvalue weighted by Crippen LogP contribution is 2.49. The number of para-hydroxylation sites is 1. The summed E-state index contributed by atoms with van der Waals surface area (Å²) in [7, 11) is 0. The SMILES string of the molecule is CC1(C)CCC(C)(C)c2cc3c(N(c4ccc(-c5ccccc5)cc4)c4ccccc4-c4ccccc4)cccc3cc21. The van der Waals surface area contributed by atoms with Crippen molar-refractivity contribution in [2.45, 2.75) is 51.4 Å². The van der Waals surface area contributed by atoms with Gasteiger partial charge < -0.3 is 4.90 Å². The molecule has 212 valence electrons. The third-order valence-electron chi connectivity index (χ3n) is 9.53. The van der Waals surface area contributed by atoms with Gasteiger partial charge in [0, 0.05) is 16.6 Å². The van der Waals surface area contributed by atoms with Gasteiger partial charge in [0.05, 0.1) is 11.4 Å². The van der Waals surface area contributed by atoms with Gasteiger partial charge in [-0.2, -0.15) is 0 Å². The molecule has 0 aliphatic heterocycles. The van der Waals surface area contributed by atoms with Crippen molar-refractivity contribution in [3.63, 3.8) is 0 Å². The monoisotopic (exact) mass is 557 g/mol. The fraction of sp³-hybridized carbons (Fsp3) is 0.190. The van der Waals surface area contributed by atoms with Crippen molar-refractivity contribution >= 4 is 27.8 Å². The van der Waals surface area contributed by atoms with Crippen molar-refractivity contribution in [2.24, 2.45) is 0 Å². The largest absolute Gasteiger partial charge is 0.309 e. The Labute approximate surface area is 256 Å². The molecule has 0 saturated carbocycles. The minimum atomic E-state index is 0.135. The minimum absolute atomic E-state index is 0.135. The summed E-state index contributed by atoms with van der Waals surface area (Å²) in [4.78, 5) is 2.47. The maximum absolute atomic E-state index is 2.51. The van der Waals surface area contributed by atoms with Gasteiger partial charge in [0.15, 0.2) is 0 Å². The van der Waals surface area contributed by atoms with E-state index in [4.69, 9.17) is 0 Å². The second kappa shape index (κ2) is 10.6. The van der Waals surface area contributed by atoms with Gasteiger partial charge in [0.1, 0.15) is 0 Å². The predicted octanol–water partition coefficient (Wildman–Crippen LogP) is 12.0. The van der Waals surface area contributed by atoms with Gasteiger partial charge in [0.25, 0.3) is 0 Å². The third kappa shape index (κ3) is 4.93. The number of nitrogens with zero attached hydrogens (tertiary/aromatic N) is 1. The van der Waals surface area contributed by atoms with Gasteiger partial charge in [-0.15, -0.1) is 0 Å². The molecule has 43 heavy (non-hydrogen) atoms. The lowest BCUT2D eigenvalue weighted by Gasteiger charge is -2.42. The maximum Gasteiger partial charge on any atom is 0.0540 e. The zero-order valence-electron chi connectivity index (χ0n) is 25.6. The number of anilines is 3. The van der Waals surface area contributed by atoms with Gasteiger partial charge in [-0.05, 0) is 87.2 Å². The fourth-order valence-electron chi connectivity index (χ4n) is 6.89. The number of hydrogen-bond donors (Lipinski definition) is 0. The lowest BCUT2D eigenvalue weighted by Crippen LogP contribution is -2.33. The molecule has 7 rings (SSSR count). The first-order valence-corrected chi connectivity index (χ1v) is 15.5. The van der Waals surface area contributed by atoms with Crippen LogP contribution in [0.25, 0.3) is 33.0 Å². The number of benzene rings is 6. The highest BCUT2D eigenvalue weighted by molar-refractivity contribution is 6.02. The van der Waals surface area contributed by atoms with E-state index in [1.807, 2.05) is 0 Å². The molecule has 0 saturated heterocycles. The molecule has 0 unspecified atom stereocenters. The molecule has 1 heteroatoms. The summed E-state index contributed by atoms with van der Waals surface area (Å²) in [6, 6.07) is 51.0. The zero-order valence-corrected chi connectivity index (χ0v) is 25.6. The molecule has 0 amide bonds. The third-order valence-corrected chi connectivity index (χ3v) is 9.53. The summed E-state index contributed by atoms with van der Waals surface area (Å²) in [5.74, 6) is 0. The van der Waals surface area contributed by atoms with Crippen molar-refractivity contribution < 1.29 is 0 Å². The van der Waals surface area contributed by atoms with E-state index in [0.717, 1.165) is 5.69 Å². The highest BCUT2D eigenvalue weighted by Gasteiger charge is 2.37. The quantitative estimate of drug-likeness (QED) is 0.204. The highest BCUT2D eigenvalue weighted by atomic mass is 15.1. The molecular formula is C42H39N. The smallest absolute Gasteiger partial charge is 0.0540 e. The van der Waals surface area contributed by atoms with E-state index in [2.05, 4.69) is 172 Å². The molecule has 1 aliphatic rings. The van der Waals surface area contributed by atoms with E-state index >= 15 is 0 Å². The minimum Gasteiger partial charge on any atom is -0.309 e. The number of fused-ring (bicyclic) bond motifs is 2. The van der Waals surface area contributed by atoms with Crippen LogP contribution in [0.1, 0.15) is 51.7 Å². The van der Waals surface area contributed by atoms with E-state index in [9.17, 15) is 0 Å². The van der Waals surface area contributed by atoms with E-state index in [0.29, 0.717) is 0 Å². The van der Waals surface area contributed by atoms with Crippen LogP contribution in [0, 0.1) is 0 Å². The molecule has 6 aromatic carbocycles. The van der Waals surface area contributed by atoms with Crippen LogP contribution in [0.4, 0.5) is 17.1 Å². The average molecular weight is 558 g/mol. The summed E-state index contributed by atoms with van der Waals surface area (Å²) < 4.78 is 0. The topological polar surface area (TPSA) is 3.24 Å². The molecule has 0 bridgehead atoms. The molecule has 1 nitrogen and oxygen atoms in total. The zero-order chi connectivity index (χ0) is 29.6. The Bertz CT molecular complexity index is 1900. The summed E-state index contributed by atoms with van der Waals surface area (Å²) in [6.07, 6.45) is 2.41. The second-order valence-electron chi connectivity index (χ2n) is 13.3. The molecule has 0 radical (unpaired) electrons. The van der Waals surface area contributed by atoms with Gasteiger partial charge in [-0.25, -0.2) is 0 Å². The van der Waals surface area contributed by atoms with Crippen molar-refractivity contribution in [3.05, 3.63) is 151 Å². The van der Waals surface area contributed by atoms with Crippen LogP contribution in [-0.4, -0.2) is 0 Å². The molecule has 1 aliphatic carbocycles. The Morgan fingerprint density at radius 2 is 1.00 bits per heavy atom. The van der Waals surface area contributed by atoms with Gasteiger partial charge in [0.2, 0.25) is 0 Å². The first-order chi connectivity index (χ1) is 20.8. The number of rotatable bonds is 5. The fourth-order valence-corrected chi connectivity index (χ4v) is 6.89. The molecule has 6 aromatic rings. The van der Waals surface area contributed by atoms with Gasteiger partial charge >= 0.3 is 0 Å². The summed E-state index contributed by atoms with van der Waals surface area (Å²) in [5, 5.41) is 2.59. The first kappa shape index (κ1) is 27.2. The van der Waals surface area contributed by atoms with E-state index in [1.165, 1.54) is 68.4 Å². The maximum atomic E-state index is 2.51. The van der Waals surface area contributed by atoms with Crippen LogP contribution in [0.15, 0.2) is 140 Å². The summed E-state index contributed by atoms with van der Waals surface area (Å²) in [6.45, 7) is 9.65. The molecule has 0 atom stereocenters. The van der Waals surface area contributed by atoms with E-state index in [1.54, 1.807) is 0 Å². The van der Waals surface area contributed by atoms with Crippen LogP contribution < -0.4 is 4.90 Å². The van der Waals surface area contributed by atoms with Crippen LogP contribution in [0.2, 0.25) is 0 Å². The van der Waals surface area contributed by atoms with Gasteiger partial charge in [-0.1, -0.05) is 137 Å². The molecule has 0 fully saturated rings. The molecular weight excluding hydrogens is 518 g/mol. The Morgan fingerprint density at radius 3 is 1.67 bits per heavy atom. The Balaban J connectivity index is 1.48. The van der Waals surface area contributed by atoms with Crippen LogP contribution in [0.5, 0.6) is 0 Å². The van der Waals surface area contributed by atoms with E-state index < -0.39 is 0 Å². The van der Waals surface area contributed by atoms with Crippen molar-refractivity contribution in [1.29, 1.82) is 0 Å². The normalized spacial score (nSPS) is 15.2. The standard InChI is InChI=1S/C42H39N/c1-41(2)26-27-42(3,4)38-29-36-33(28-37(38)41)18-13-21-40(36)43(34-24-22-31(23-25-34)30-14-7-5-8-15-30)39-20-12-11-19-35(39)32-16-9-6-10-17-32/h5-25,28-29H,26-27H2,1-4H3. The molecule has 0 N–H and O–H groups in total. The lowest BCUT2D eigenvalue weighted by atomic mass is 9.63. The number of hydrogen-bond acceptors (Lipinski definition) is 1. The summed E-state index contributed by atoms with van der Waals surface area (Å²) in [5.41, 5.74) is 11.7. The first-order valence-electron chi connectivity index (χ1n) is 15.5. The summed E-state index contributed by atoms with van der Waals surface area (Å²) >= 11 is 0. The van der Waals surface area contributed by atoms with Gasteiger partial charge in [-0.3, -0.25) is 0 Å². The van der Waals surface area contributed by atoms with Crippen LogP contribution in [0.3, 0.4) is 0 Å². The lowest BCUT2D eigenvalue weighted by molar-refractivity contribution is 0.332. The Morgan fingerprint density at radius 1 is 0.465 bits per heavy atom. The molecule has 0 spiro atoms. The predicted molar refractivity (Wildman–Crippen MR) is 185 cm³/mol.